The van der Waals surface area contributed by atoms with E-state index in [2.05, 4.69) is 194 Å². The summed E-state index contributed by atoms with van der Waals surface area (Å²) < 4.78 is 0. The van der Waals surface area contributed by atoms with E-state index in [-0.39, 0.29) is 0 Å². The molecule has 4 heteroatoms. The highest BCUT2D eigenvalue weighted by molar-refractivity contribution is 6.19. The average Bonchev–Trinajstić information content (AvgIpc) is 3.94. The molecule has 0 N–H and O–H groups in total. The third-order valence-electron chi connectivity index (χ3n) is 14.3. The average molecular weight is 887 g/mol. The summed E-state index contributed by atoms with van der Waals surface area (Å²) in [6.07, 6.45) is 0. The van der Waals surface area contributed by atoms with Crippen molar-refractivity contribution in [3.05, 3.63) is 236 Å². The summed E-state index contributed by atoms with van der Waals surface area (Å²) >= 11 is 0. The molecule has 1 aromatic heterocycles. The molecule has 12 aromatic rings. The highest BCUT2D eigenvalue weighted by Gasteiger charge is 2.25. The summed E-state index contributed by atoms with van der Waals surface area (Å²) in [7, 11) is 0. The van der Waals surface area contributed by atoms with Gasteiger partial charge in [-0.25, -0.2) is 15.0 Å². The molecule has 0 bridgehead atoms. The number of rotatable bonds is 7. The molecule has 0 saturated carbocycles. The van der Waals surface area contributed by atoms with E-state index in [1.165, 1.54) is 66.2 Å². The molecule has 0 saturated heterocycles. The van der Waals surface area contributed by atoms with Crippen LogP contribution in [0.4, 0.5) is 0 Å². The van der Waals surface area contributed by atoms with Crippen LogP contribution < -0.4 is 0 Å². The lowest BCUT2D eigenvalue weighted by molar-refractivity contribution is 1.08. The van der Waals surface area contributed by atoms with Crippen LogP contribution >= 0.6 is 0 Å². The summed E-state index contributed by atoms with van der Waals surface area (Å²) in [5.41, 5.74) is 21.7. The minimum Gasteiger partial charge on any atom is -0.208 e. The van der Waals surface area contributed by atoms with Crippen molar-refractivity contribution in [3.8, 4) is 129 Å². The lowest BCUT2D eigenvalue weighted by Gasteiger charge is -2.15. The third-order valence-corrected chi connectivity index (χ3v) is 14.3. The number of nitrogens with zero attached hydrogens (tertiary/aromatic N) is 4. The van der Waals surface area contributed by atoms with Crippen LogP contribution in [0.25, 0.3) is 145 Å². The number of benzene rings is 11. The van der Waals surface area contributed by atoms with E-state index >= 15 is 0 Å². The quantitative estimate of drug-likeness (QED) is 0.160. The SMILES string of the molecule is N#Cc1cccc(-c2cccc(-c3nc(-c4ccccc4)nc(-c4ccc5c6c(cccc46)-c4ccccc4-5)n3)c2)c1-c1cccc(-c2cccc(-c3ccc4c(c3)-c3cccc5cccc-4c35)c2)c1. The molecule has 0 unspecified atom stereocenters. The van der Waals surface area contributed by atoms with Crippen LogP contribution in [-0.2, 0) is 0 Å². The van der Waals surface area contributed by atoms with Gasteiger partial charge in [-0.3, -0.25) is 0 Å². The van der Waals surface area contributed by atoms with E-state index < -0.39 is 0 Å². The van der Waals surface area contributed by atoms with Crippen LogP contribution in [-0.4, -0.2) is 15.0 Å². The van der Waals surface area contributed by atoms with Gasteiger partial charge in [-0.15, -0.1) is 0 Å². The van der Waals surface area contributed by atoms with Crippen molar-refractivity contribution in [2.75, 3.05) is 0 Å². The molecule has 70 heavy (non-hydrogen) atoms. The first-order valence-electron chi connectivity index (χ1n) is 23.6. The number of hydrogen-bond acceptors (Lipinski definition) is 4. The molecule has 322 valence electrons. The molecule has 14 rings (SSSR count). The molecule has 0 radical (unpaired) electrons. The van der Waals surface area contributed by atoms with Gasteiger partial charge in [0.2, 0.25) is 0 Å². The maximum Gasteiger partial charge on any atom is 0.164 e. The number of aromatic nitrogens is 3. The Morgan fingerprint density at radius 2 is 0.729 bits per heavy atom. The summed E-state index contributed by atoms with van der Waals surface area (Å²) in [5.74, 6) is 1.79. The van der Waals surface area contributed by atoms with E-state index in [9.17, 15) is 5.26 Å². The van der Waals surface area contributed by atoms with Crippen molar-refractivity contribution < 1.29 is 0 Å². The largest absolute Gasteiger partial charge is 0.208 e. The molecule has 2 aliphatic rings. The fourth-order valence-electron chi connectivity index (χ4n) is 11.1. The third kappa shape index (κ3) is 6.26. The maximum atomic E-state index is 10.7. The Labute approximate surface area is 405 Å². The van der Waals surface area contributed by atoms with Crippen LogP contribution in [0.5, 0.6) is 0 Å². The van der Waals surface area contributed by atoms with Gasteiger partial charge < -0.3 is 0 Å². The fourth-order valence-corrected chi connectivity index (χ4v) is 11.1. The molecule has 11 aromatic carbocycles. The maximum absolute atomic E-state index is 10.7. The van der Waals surface area contributed by atoms with E-state index in [4.69, 9.17) is 15.0 Å². The monoisotopic (exact) mass is 886 g/mol. The van der Waals surface area contributed by atoms with Crippen molar-refractivity contribution in [1.29, 1.82) is 5.26 Å². The topological polar surface area (TPSA) is 62.5 Å². The van der Waals surface area contributed by atoms with Crippen molar-refractivity contribution in [2.24, 2.45) is 0 Å². The number of fused-ring (bicyclic) bond motifs is 6. The van der Waals surface area contributed by atoms with Gasteiger partial charge in [0, 0.05) is 22.3 Å². The second-order valence-electron chi connectivity index (χ2n) is 18.2. The standard InChI is InChI=1S/C66H38N4/c67-39-49-23-11-26-50(61(49)47-21-7-19-44(36-47)42-17-6-18-43(35-42)45-31-32-53-54-27-9-15-40-16-10-28-57(62(40)54)60(53)38-45)46-20-8-22-48(37-46)65-68-64(41-13-2-1-3-14-41)69-66(70-65)59-34-33-58-52-25-5-4-24-51(52)55-29-12-30-56(59)63(55)58/h1-38H. The first-order chi connectivity index (χ1) is 34.6. The van der Waals surface area contributed by atoms with E-state index in [1.54, 1.807) is 0 Å². The zero-order valence-electron chi connectivity index (χ0n) is 37.7. The smallest absolute Gasteiger partial charge is 0.164 e. The zero-order chi connectivity index (χ0) is 46.3. The molecule has 0 aliphatic heterocycles. The molecule has 0 spiro atoms. The Morgan fingerprint density at radius 1 is 0.271 bits per heavy atom. The van der Waals surface area contributed by atoms with Crippen LogP contribution in [0.1, 0.15) is 5.56 Å². The molecule has 0 atom stereocenters. The summed E-state index contributed by atoms with van der Waals surface area (Å²) in [6.45, 7) is 0. The van der Waals surface area contributed by atoms with Gasteiger partial charge in [0.15, 0.2) is 17.5 Å². The highest BCUT2D eigenvalue weighted by Crippen LogP contribution is 2.50. The van der Waals surface area contributed by atoms with Crippen LogP contribution in [0.15, 0.2) is 231 Å². The Hall–Kier alpha value is -9.56. The van der Waals surface area contributed by atoms with Gasteiger partial charge in [-0.05, 0) is 141 Å². The molecular formula is C66H38N4. The second-order valence-corrected chi connectivity index (χ2v) is 18.2. The summed E-state index contributed by atoms with van der Waals surface area (Å²) in [6, 6.07) is 83.9. The van der Waals surface area contributed by atoms with Crippen molar-refractivity contribution in [3.63, 3.8) is 0 Å². The molecule has 0 amide bonds. The zero-order valence-corrected chi connectivity index (χ0v) is 37.7. The predicted molar refractivity (Wildman–Crippen MR) is 286 cm³/mol. The summed E-state index contributed by atoms with van der Waals surface area (Å²) in [5, 5.41) is 15.6. The molecule has 1 heterocycles. The first-order valence-corrected chi connectivity index (χ1v) is 23.6. The Morgan fingerprint density at radius 3 is 1.47 bits per heavy atom. The number of hydrogen-bond donors (Lipinski definition) is 0. The van der Waals surface area contributed by atoms with Gasteiger partial charge in [-0.2, -0.15) is 5.26 Å². The Balaban J connectivity index is 0.850. The highest BCUT2D eigenvalue weighted by atomic mass is 15.0. The van der Waals surface area contributed by atoms with Crippen LogP contribution in [0.2, 0.25) is 0 Å². The Kier molecular flexibility index (Phi) is 8.92. The molecule has 0 fully saturated rings. The van der Waals surface area contributed by atoms with Crippen LogP contribution in [0.3, 0.4) is 0 Å². The first kappa shape index (κ1) is 39.6. The predicted octanol–water partition coefficient (Wildman–Crippen LogP) is 17.0. The van der Waals surface area contributed by atoms with E-state index in [0.717, 1.165) is 61.0 Å². The fraction of sp³-hybridized carbons (Fsp3) is 0. The van der Waals surface area contributed by atoms with Crippen molar-refractivity contribution in [2.45, 2.75) is 0 Å². The minimum atomic E-state index is 0.571. The number of nitriles is 1. The lowest BCUT2D eigenvalue weighted by atomic mass is 9.88. The molecule has 2 aliphatic carbocycles. The summed E-state index contributed by atoms with van der Waals surface area (Å²) in [4.78, 5) is 15.6. The van der Waals surface area contributed by atoms with Gasteiger partial charge in [0.1, 0.15) is 0 Å². The molecular weight excluding hydrogens is 849 g/mol. The van der Waals surface area contributed by atoms with Gasteiger partial charge in [0.05, 0.1) is 11.6 Å². The van der Waals surface area contributed by atoms with Gasteiger partial charge in [-0.1, -0.05) is 194 Å². The minimum absolute atomic E-state index is 0.571. The lowest BCUT2D eigenvalue weighted by Crippen LogP contribution is -2.01. The van der Waals surface area contributed by atoms with Crippen molar-refractivity contribution >= 4 is 21.5 Å². The Bertz CT molecular complexity index is 4160. The van der Waals surface area contributed by atoms with Gasteiger partial charge in [0.25, 0.3) is 0 Å². The van der Waals surface area contributed by atoms with E-state index in [1.807, 2.05) is 42.5 Å². The van der Waals surface area contributed by atoms with E-state index in [0.29, 0.717) is 23.0 Å². The second kappa shape index (κ2) is 15.8. The molecule has 4 nitrogen and oxygen atoms in total. The van der Waals surface area contributed by atoms with Gasteiger partial charge >= 0.3 is 0 Å². The van der Waals surface area contributed by atoms with Crippen molar-refractivity contribution in [1.82, 2.24) is 15.0 Å². The van der Waals surface area contributed by atoms with Crippen LogP contribution in [0, 0.1) is 11.3 Å². The normalized spacial score (nSPS) is 11.7.